The van der Waals surface area contributed by atoms with Crippen LogP contribution in [0.25, 0.3) is 11.1 Å². The summed E-state index contributed by atoms with van der Waals surface area (Å²) in [5.41, 5.74) is 3.47. The molecule has 80 valence electrons. The van der Waals surface area contributed by atoms with Crippen LogP contribution in [-0.4, -0.2) is 4.98 Å². The minimum atomic E-state index is 0.279. The second-order valence-corrected chi connectivity index (χ2v) is 5.23. The lowest BCUT2D eigenvalue weighted by Crippen LogP contribution is -2.09. The third-order valence-electron chi connectivity index (χ3n) is 2.33. The van der Waals surface area contributed by atoms with E-state index < -0.39 is 0 Å². The normalized spacial score (nSPS) is 12.3. The van der Waals surface area contributed by atoms with E-state index in [9.17, 15) is 0 Å². The van der Waals surface area contributed by atoms with Crippen molar-refractivity contribution >= 4 is 11.1 Å². The number of para-hydroxylation sites is 1. The summed E-state index contributed by atoms with van der Waals surface area (Å²) in [5.74, 6) is 0.742. The smallest absolute Gasteiger partial charge is 0.192 e. The molecule has 1 heterocycles. The number of hydrogen-bond acceptors (Lipinski definition) is 2. The first kappa shape index (κ1) is 10.2. The van der Waals surface area contributed by atoms with Gasteiger partial charge in [-0.15, -0.1) is 0 Å². The molecule has 0 amide bonds. The van der Waals surface area contributed by atoms with Gasteiger partial charge < -0.3 is 4.42 Å². The Balaban J connectivity index is 2.51. The topological polar surface area (TPSA) is 26.0 Å². The molecule has 2 nitrogen and oxygen atoms in total. The molecule has 2 heteroatoms. The van der Waals surface area contributed by atoms with Crippen LogP contribution >= 0.6 is 0 Å². The van der Waals surface area contributed by atoms with Gasteiger partial charge in [-0.3, -0.25) is 0 Å². The van der Waals surface area contributed by atoms with Crippen LogP contribution in [0.1, 0.15) is 32.2 Å². The van der Waals surface area contributed by atoms with Gasteiger partial charge in [0, 0.05) is 6.92 Å². The Morgan fingerprint density at radius 2 is 2.00 bits per heavy atom. The first-order valence-electron chi connectivity index (χ1n) is 5.31. The van der Waals surface area contributed by atoms with Crippen molar-refractivity contribution in [2.45, 2.75) is 34.1 Å². The van der Waals surface area contributed by atoms with Crippen molar-refractivity contribution in [2.24, 2.45) is 5.41 Å². The molecule has 0 bridgehead atoms. The van der Waals surface area contributed by atoms with Crippen molar-refractivity contribution in [3.63, 3.8) is 0 Å². The summed E-state index contributed by atoms with van der Waals surface area (Å²) in [6.45, 7) is 8.59. The predicted octanol–water partition coefficient (Wildman–Crippen LogP) is 3.72. The average Bonchev–Trinajstić information content (AvgIpc) is 2.43. The fourth-order valence-electron chi connectivity index (χ4n) is 1.83. The van der Waals surface area contributed by atoms with Gasteiger partial charge >= 0.3 is 0 Å². The lowest BCUT2D eigenvalue weighted by atomic mass is 9.88. The number of benzene rings is 1. The van der Waals surface area contributed by atoms with Gasteiger partial charge in [0.2, 0.25) is 0 Å². The number of rotatable bonds is 1. The van der Waals surface area contributed by atoms with Crippen LogP contribution in [0.4, 0.5) is 0 Å². The van der Waals surface area contributed by atoms with E-state index in [-0.39, 0.29) is 5.41 Å². The van der Waals surface area contributed by atoms with Gasteiger partial charge in [-0.1, -0.05) is 32.9 Å². The van der Waals surface area contributed by atoms with E-state index >= 15 is 0 Å². The fraction of sp³-hybridized carbons (Fsp3) is 0.462. The first-order chi connectivity index (χ1) is 6.96. The van der Waals surface area contributed by atoms with Gasteiger partial charge in [-0.25, -0.2) is 4.98 Å². The van der Waals surface area contributed by atoms with Gasteiger partial charge in [0.25, 0.3) is 0 Å². The molecule has 1 aromatic heterocycles. The molecule has 15 heavy (non-hydrogen) atoms. The van der Waals surface area contributed by atoms with Crippen LogP contribution in [0.2, 0.25) is 0 Å². The molecular weight excluding hydrogens is 186 g/mol. The minimum absolute atomic E-state index is 0.279. The summed E-state index contributed by atoms with van der Waals surface area (Å²) in [7, 11) is 0. The standard InChI is InChI=1S/C13H17NO/c1-9-14-12-10(8-13(2,3)4)6-5-7-11(12)15-9/h5-7H,8H2,1-4H3. The zero-order valence-electron chi connectivity index (χ0n) is 9.79. The first-order valence-corrected chi connectivity index (χ1v) is 5.31. The van der Waals surface area contributed by atoms with E-state index in [0.717, 1.165) is 23.4 Å². The van der Waals surface area contributed by atoms with Crippen molar-refractivity contribution in [3.05, 3.63) is 29.7 Å². The predicted molar refractivity (Wildman–Crippen MR) is 61.9 cm³/mol. The molecule has 0 unspecified atom stereocenters. The summed E-state index contributed by atoms with van der Waals surface area (Å²) in [5, 5.41) is 0. The Labute approximate surface area is 90.3 Å². The highest BCUT2D eigenvalue weighted by atomic mass is 16.3. The average molecular weight is 203 g/mol. The van der Waals surface area contributed by atoms with Crippen molar-refractivity contribution < 1.29 is 4.42 Å². The molecule has 0 aliphatic heterocycles. The molecule has 0 aliphatic carbocycles. The monoisotopic (exact) mass is 203 g/mol. The van der Waals surface area contributed by atoms with Crippen LogP contribution in [0.3, 0.4) is 0 Å². The quantitative estimate of drug-likeness (QED) is 0.706. The Bertz CT molecular complexity index is 477. The lowest BCUT2D eigenvalue weighted by Gasteiger charge is -2.17. The summed E-state index contributed by atoms with van der Waals surface area (Å²) >= 11 is 0. The third-order valence-corrected chi connectivity index (χ3v) is 2.33. The number of hydrogen-bond donors (Lipinski definition) is 0. The lowest BCUT2D eigenvalue weighted by molar-refractivity contribution is 0.412. The molecule has 0 saturated heterocycles. The number of nitrogens with zero attached hydrogens (tertiary/aromatic N) is 1. The van der Waals surface area contributed by atoms with Crippen molar-refractivity contribution in [3.8, 4) is 0 Å². The number of oxazole rings is 1. The van der Waals surface area contributed by atoms with E-state index in [0.29, 0.717) is 0 Å². The summed E-state index contributed by atoms with van der Waals surface area (Å²) < 4.78 is 5.51. The summed E-state index contributed by atoms with van der Waals surface area (Å²) in [6.07, 6.45) is 1.02. The Morgan fingerprint density at radius 1 is 1.27 bits per heavy atom. The van der Waals surface area contributed by atoms with Crippen LogP contribution in [0.15, 0.2) is 22.6 Å². The van der Waals surface area contributed by atoms with Crippen molar-refractivity contribution in [1.82, 2.24) is 4.98 Å². The van der Waals surface area contributed by atoms with Crippen molar-refractivity contribution in [2.75, 3.05) is 0 Å². The minimum Gasteiger partial charge on any atom is -0.441 e. The molecule has 0 spiro atoms. The molecule has 0 N–H and O–H groups in total. The second-order valence-electron chi connectivity index (χ2n) is 5.23. The molecule has 1 aromatic carbocycles. The highest BCUT2D eigenvalue weighted by Gasteiger charge is 2.15. The van der Waals surface area contributed by atoms with Crippen LogP contribution in [0, 0.1) is 12.3 Å². The van der Waals surface area contributed by atoms with E-state index in [1.165, 1.54) is 5.56 Å². The maximum absolute atomic E-state index is 5.51. The van der Waals surface area contributed by atoms with Gasteiger partial charge in [0.1, 0.15) is 5.52 Å². The van der Waals surface area contributed by atoms with E-state index in [1.54, 1.807) is 0 Å². The van der Waals surface area contributed by atoms with Crippen LogP contribution in [0.5, 0.6) is 0 Å². The van der Waals surface area contributed by atoms with Gasteiger partial charge in [-0.2, -0.15) is 0 Å². The third kappa shape index (κ3) is 2.20. The molecular formula is C13H17NO. The van der Waals surface area contributed by atoms with Gasteiger partial charge in [0.15, 0.2) is 11.5 Å². The maximum atomic E-state index is 5.51. The van der Waals surface area contributed by atoms with Crippen LogP contribution < -0.4 is 0 Å². The van der Waals surface area contributed by atoms with Gasteiger partial charge in [0.05, 0.1) is 0 Å². The molecule has 2 rings (SSSR count). The zero-order chi connectivity index (χ0) is 11.1. The summed E-state index contributed by atoms with van der Waals surface area (Å²) in [6, 6.07) is 6.14. The van der Waals surface area contributed by atoms with E-state index in [2.05, 4.69) is 31.8 Å². The Kier molecular flexibility index (Phi) is 2.29. The van der Waals surface area contributed by atoms with E-state index in [1.807, 2.05) is 19.1 Å². The zero-order valence-corrected chi connectivity index (χ0v) is 9.79. The van der Waals surface area contributed by atoms with E-state index in [4.69, 9.17) is 4.42 Å². The molecule has 0 fully saturated rings. The summed E-state index contributed by atoms with van der Waals surface area (Å²) in [4.78, 5) is 4.43. The SMILES string of the molecule is Cc1nc2c(CC(C)(C)C)cccc2o1. The second kappa shape index (κ2) is 3.37. The Morgan fingerprint density at radius 3 is 2.67 bits per heavy atom. The molecule has 0 atom stereocenters. The fourth-order valence-corrected chi connectivity index (χ4v) is 1.83. The molecule has 0 radical (unpaired) electrons. The number of fused-ring (bicyclic) bond motifs is 1. The highest BCUT2D eigenvalue weighted by molar-refractivity contribution is 5.76. The number of aryl methyl sites for hydroxylation is 1. The highest BCUT2D eigenvalue weighted by Crippen LogP contribution is 2.26. The van der Waals surface area contributed by atoms with Gasteiger partial charge in [-0.05, 0) is 23.5 Å². The van der Waals surface area contributed by atoms with Crippen molar-refractivity contribution in [1.29, 1.82) is 0 Å². The number of aromatic nitrogens is 1. The molecule has 2 aromatic rings. The molecule has 0 saturated carbocycles. The largest absolute Gasteiger partial charge is 0.441 e. The Hall–Kier alpha value is -1.31. The maximum Gasteiger partial charge on any atom is 0.192 e. The van der Waals surface area contributed by atoms with Crippen LogP contribution in [-0.2, 0) is 6.42 Å². The molecule has 0 aliphatic rings.